The van der Waals surface area contributed by atoms with Gasteiger partial charge in [0.05, 0.1) is 0 Å². The van der Waals surface area contributed by atoms with E-state index in [1.54, 1.807) is 24.3 Å². The number of rotatable bonds is 4. The first-order valence-corrected chi connectivity index (χ1v) is 7.75. The van der Waals surface area contributed by atoms with Crippen molar-refractivity contribution in [3.8, 4) is 11.5 Å². The van der Waals surface area contributed by atoms with E-state index in [0.717, 1.165) is 5.56 Å². The van der Waals surface area contributed by atoms with Crippen molar-refractivity contribution in [2.75, 3.05) is 5.32 Å². The molecule has 1 saturated carbocycles. The van der Waals surface area contributed by atoms with Gasteiger partial charge in [-0.1, -0.05) is 6.07 Å². The Morgan fingerprint density at radius 3 is 2.48 bits per heavy atom. The molecule has 2 unspecified atom stereocenters. The summed E-state index contributed by atoms with van der Waals surface area (Å²) < 4.78 is 32.7. The summed E-state index contributed by atoms with van der Waals surface area (Å²) in [5.41, 5.74) is 1.32. The van der Waals surface area contributed by atoms with Crippen LogP contribution in [0.4, 0.5) is 14.5 Å². The lowest BCUT2D eigenvalue weighted by molar-refractivity contribution is -0.117. The maximum absolute atomic E-state index is 13.8. The van der Waals surface area contributed by atoms with Crippen molar-refractivity contribution in [3.63, 3.8) is 0 Å². The first kappa shape index (κ1) is 15.4. The molecule has 1 aromatic heterocycles. The lowest BCUT2D eigenvalue weighted by Crippen LogP contribution is -2.14. The highest BCUT2D eigenvalue weighted by atomic mass is 19.1. The fourth-order valence-electron chi connectivity index (χ4n) is 2.90. The van der Waals surface area contributed by atoms with E-state index in [1.807, 2.05) is 0 Å². The lowest BCUT2D eigenvalue weighted by Gasteiger charge is -2.07. The average Bonchev–Trinajstić information content (AvgIpc) is 3.18. The summed E-state index contributed by atoms with van der Waals surface area (Å²) >= 11 is 0. The Bertz CT molecular complexity index is 890. The molecule has 3 aromatic rings. The SMILES string of the molecule is O=C(Nc1ccc(-c2nnco2)cc1)C1CC1c1c(F)cccc1F. The average molecular weight is 341 g/mol. The van der Waals surface area contributed by atoms with Gasteiger partial charge in [-0.25, -0.2) is 8.78 Å². The van der Waals surface area contributed by atoms with Gasteiger partial charge in [0.2, 0.25) is 18.2 Å². The molecule has 0 bridgehead atoms. The Labute approximate surface area is 141 Å². The van der Waals surface area contributed by atoms with E-state index in [4.69, 9.17) is 4.42 Å². The fraction of sp³-hybridized carbons (Fsp3) is 0.167. The molecule has 0 radical (unpaired) electrons. The van der Waals surface area contributed by atoms with Gasteiger partial charge < -0.3 is 9.73 Å². The second-order valence-corrected chi connectivity index (χ2v) is 5.89. The molecular formula is C18H13F2N3O2. The van der Waals surface area contributed by atoms with Gasteiger partial charge in [-0.2, -0.15) is 0 Å². The number of carbonyl (C=O) groups is 1. The van der Waals surface area contributed by atoms with Crippen LogP contribution in [0.3, 0.4) is 0 Å². The Hall–Kier alpha value is -3.09. The molecule has 4 rings (SSSR count). The zero-order chi connectivity index (χ0) is 17.4. The summed E-state index contributed by atoms with van der Waals surface area (Å²) in [5.74, 6) is -1.93. The van der Waals surface area contributed by atoms with Crippen molar-refractivity contribution < 1.29 is 18.0 Å². The molecule has 1 N–H and O–H groups in total. The van der Waals surface area contributed by atoms with E-state index >= 15 is 0 Å². The largest absolute Gasteiger partial charge is 0.423 e. The zero-order valence-corrected chi connectivity index (χ0v) is 12.9. The van der Waals surface area contributed by atoms with Crippen molar-refractivity contribution in [1.82, 2.24) is 10.2 Å². The van der Waals surface area contributed by atoms with Gasteiger partial charge in [-0.05, 0) is 42.8 Å². The minimum atomic E-state index is -0.607. The molecule has 1 aliphatic carbocycles. The number of hydrogen-bond donors (Lipinski definition) is 1. The molecule has 0 saturated heterocycles. The van der Waals surface area contributed by atoms with Crippen molar-refractivity contribution in [2.24, 2.45) is 5.92 Å². The number of aromatic nitrogens is 2. The smallest absolute Gasteiger partial charge is 0.247 e. The molecule has 1 aliphatic rings. The first-order valence-electron chi connectivity index (χ1n) is 7.75. The Morgan fingerprint density at radius 2 is 1.84 bits per heavy atom. The van der Waals surface area contributed by atoms with E-state index in [2.05, 4.69) is 15.5 Å². The Kier molecular flexibility index (Phi) is 3.76. The summed E-state index contributed by atoms with van der Waals surface area (Å²) in [7, 11) is 0. The lowest BCUT2D eigenvalue weighted by atomic mass is 10.1. The van der Waals surface area contributed by atoms with Crippen LogP contribution in [0, 0.1) is 17.6 Å². The summed E-state index contributed by atoms with van der Waals surface area (Å²) in [6, 6.07) is 10.6. The predicted octanol–water partition coefficient (Wildman–Crippen LogP) is 3.76. The molecule has 1 amide bonds. The van der Waals surface area contributed by atoms with Gasteiger partial charge >= 0.3 is 0 Å². The maximum atomic E-state index is 13.8. The molecule has 1 fully saturated rings. The van der Waals surface area contributed by atoms with Crippen LogP contribution in [-0.4, -0.2) is 16.1 Å². The summed E-state index contributed by atoms with van der Waals surface area (Å²) in [4.78, 5) is 12.3. The van der Waals surface area contributed by atoms with Crippen LogP contribution in [0.5, 0.6) is 0 Å². The molecule has 7 heteroatoms. The van der Waals surface area contributed by atoms with E-state index in [-0.39, 0.29) is 11.5 Å². The number of hydrogen-bond acceptors (Lipinski definition) is 4. The van der Waals surface area contributed by atoms with Crippen molar-refractivity contribution in [1.29, 1.82) is 0 Å². The van der Waals surface area contributed by atoms with Crippen LogP contribution in [0.15, 0.2) is 53.3 Å². The second kappa shape index (κ2) is 6.08. The number of carbonyl (C=O) groups excluding carboxylic acids is 1. The standard InChI is InChI=1S/C18H13F2N3O2/c19-14-2-1-3-15(20)16(14)12-8-13(12)17(24)22-11-6-4-10(5-7-11)18-23-21-9-25-18/h1-7,9,12-13H,8H2,(H,22,24). The maximum Gasteiger partial charge on any atom is 0.247 e. The minimum absolute atomic E-state index is 0.00519. The fourth-order valence-corrected chi connectivity index (χ4v) is 2.90. The number of amides is 1. The summed E-state index contributed by atoms with van der Waals surface area (Å²) in [6.07, 6.45) is 1.67. The van der Waals surface area contributed by atoms with Crippen molar-refractivity contribution >= 4 is 11.6 Å². The van der Waals surface area contributed by atoms with Crippen molar-refractivity contribution in [2.45, 2.75) is 12.3 Å². The van der Waals surface area contributed by atoms with Crippen LogP contribution in [-0.2, 0) is 4.79 Å². The van der Waals surface area contributed by atoms with Gasteiger partial charge in [0.1, 0.15) is 11.6 Å². The quantitative estimate of drug-likeness (QED) is 0.785. The molecule has 0 spiro atoms. The van der Waals surface area contributed by atoms with Gasteiger partial charge in [0.25, 0.3) is 0 Å². The highest BCUT2D eigenvalue weighted by Crippen LogP contribution is 2.49. The highest BCUT2D eigenvalue weighted by molar-refractivity contribution is 5.95. The third-order valence-electron chi connectivity index (χ3n) is 4.26. The van der Waals surface area contributed by atoms with E-state index < -0.39 is 23.5 Å². The van der Waals surface area contributed by atoms with Gasteiger partial charge in [-0.15, -0.1) is 10.2 Å². The third kappa shape index (κ3) is 3.00. The topological polar surface area (TPSA) is 68.0 Å². The molecule has 25 heavy (non-hydrogen) atoms. The van der Waals surface area contributed by atoms with Crippen LogP contribution < -0.4 is 5.32 Å². The van der Waals surface area contributed by atoms with Crippen LogP contribution >= 0.6 is 0 Å². The zero-order valence-electron chi connectivity index (χ0n) is 12.9. The van der Waals surface area contributed by atoms with Crippen LogP contribution in [0.2, 0.25) is 0 Å². The predicted molar refractivity (Wildman–Crippen MR) is 85.6 cm³/mol. The first-order chi connectivity index (χ1) is 12.1. The number of anilines is 1. The number of nitrogens with zero attached hydrogens (tertiary/aromatic N) is 2. The number of nitrogens with one attached hydrogen (secondary N) is 1. The monoisotopic (exact) mass is 341 g/mol. The van der Waals surface area contributed by atoms with E-state index in [0.29, 0.717) is 18.0 Å². The van der Waals surface area contributed by atoms with E-state index in [1.165, 1.54) is 24.6 Å². The van der Waals surface area contributed by atoms with Gasteiger partial charge in [0, 0.05) is 28.7 Å². The molecule has 2 atom stereocenters. The van der Waals surface area contributed by atoms with Crippen molar-refractivity contribution in [3.05, 3.63) is 66.1 Å². The molecular weight excluding hydrogens is 328 g/mol. The molecule has 1 heterocycles. The highest BCUT2D eigenvalue weighted by Gasteiger charge is 2.46. The second-order valence-electron chi connectivity index (χ2n) is 5.89. The van der Waals surface area contributed by atoms with E-state index in [9.17, 15) is 13.6 Å². The van der Waals surface area contributed by atoms with Crippen LogP contribution in [0.25, 0.3) is 11.5 Å². The summed E-state index contributed by atoms with van der Waals surface area (Å²) in [6.45, 7) is 0. The molecule has 0 aliphatic heterocycles. The third-order valence-corrected chi connectivity index (χ3v) is 4.26. The molecule has 2 aromatic carbocycles. The normalized spacial score (nSPS) is 18.8. The summed E-state index contributed by atoms with van der Waals surface area (Å²) in [5, 5.41) is 10.2. The molecule has 126 valence electrons. The van der Waals surface area contributed by atoms with Gasteiger partial charge in [-0.3, -0.25) is 4.79 Å². The number of halogens is 2. The van der Waals surface area contributed by atoms with Gasteiger partial charge in [0.15, 0.2) is 0 Å². The minimum Gasteiger partial charge on any atom is -0.423 e. The Morgan fingerprint density at radius 1 is 1.12 bits per heavy atom. The molecule has 5 nitrogen and oxygen atoms in total. The Balaban J connectivity index is 1.43. The van der Waals surface area contributed by atoms with Crippen LogP contribution in [0.1, 0.15) is 17.9 Å². The number of benzene rings is 2.